The van der Waals surface area contributed by atoms with E-state index in [1.807, 2.05) is 0 Å². The van der Waals surface area contributed by atoms with Crippen molar-refractivity contribution in [2.45, 2.75) is 18.9 Å². The first-order valence-electron chi connectivity index (χ1n) is 2.76. The van der Waals surface area contributed by atoms with Gasteiger partial charge in [0, 0.05) is 6.54 Å². The molecule has 1 fully saturated rings. The Morgan fingerprint density at radius 1 is 1.57 bits per heavy atom. The summed E-state index contributed by atoms with van der Waals surface area (Å²) in [7, 11) is 0. The monoisotopic (exact) mass is 100 g/mol. The first-order valence-corrected chi connectivity index (χ1v) is 2.76. The normalized spacial score (nSPS) is 33.0. The fraction of sp³-hybridized carbons (Fsp3) is 1.00. The molecule has 1 radical (unpaired) electrons. The molecule has 0 bridgehead atoms. The summed E-state index contributed by atoms with van der Waals surface area (Å²) in [5.41, 5.74) is 0. The number of piperidine rings is 1. The van der Waals surface area contributed by atoms with Crippen LogP contribution in [0.3, 0.4) is 0 Å². The smallest absolute Gasteiger partial charge is 0.105 e. The van der Waals surface area contributed by atoms with Gasteiger partial charge in [-0.05, 0) is 19.4 Å². The lowest BCUT2D eigenvalue weighted by Crippen LogP contribution is -2.32. The zero-order valence-corrected chi connectivity index (χ0v) is 4.31. The third-order valence-corrected chi connectivity index (χ3v) is 1.25. The summed E-state index contributed by atoms with van der Waals surface area (Å²) in [6.45, 7) is 1.72. The molecule has 1 rings (SSSR count). The summed E-state index contributed by atoms with van der Waals surface area (Å²) in [4.78, 5) is 0. The van der Waals surface area contributed by atoms with Gasteiger partial charge in [0.25, 0.3) is 0 Å². The van der Waals surface area contributed by atoms with E-state index in [1.54, 1.807) is 0 Å². The fourth-order valence-electron chi connectivity index (χ4n) is 0.820. The van der Waals surface area contributed by atoms with E-state index in [0.29, 0.717) is 6.54 Å². The van der Waals surface area contributed by atoms with Crippen LogP contribution in [0, 0.1) is 0 Å². The summed E-state index contributed by atoms with van der Waals surface area (Å²) in [6.07, 6.45) is 1.61. The second-order valence-electron chi connectivity index (χ2n) is 1.97. The Labute approximate surface area is 43.5 Å². The highest BCUT2D eigenvalue weighted by atomic mass is 16.3. The van der Waals surface area contributed by atoms with Crippen LogP contribution >= 0.6 is 0 Å². The topological polar surface area (TPSA) is 31.9 Å². The van der Waals surface area contributed by atoms with Crippen LogP contribution < -0.4 is 5.32 Å². The first kappa shape index (κ1) is 5.06. The molecule has 7 heavy (non-hydrogen) atoms. The number of hydrogen-bond donors (Lipinski definition) is 1. The Morgan fingerprint density at radius 2 is 2.43 bits per heavy atom. The molecule has 1 aliphatic heterocycles. The SMILES string of the molecule is [O][C@H]1CCCNC1. The van der Waals surface area contributed by atoms with Crippen molar-refractivity contribution in [3.8, 4) is 0 Å². The molecule has 1 atom stereocenters. The van der Waals surface area contributed by atoms with Gasteiger partial charge in [-0.1, -0.05) is 0 Å². The van der Waals surface area contributed by atoms with Gasteiger partial charge in [-0.25, -0.2) is 5.11 Å². The number of hydrogen-bond acceptors (Lipinski definition) is 1. The lowest BCUT2D eigenvalue weighted by Gasteiger charge is -2.14. The molecule has 0 saturated carbocycles. The largest absolute Gasteiger partial charge is 0.314 e. The molecule has 0 aromatic carbocycles. The molecule has 1 N–H and O–H groups in total. The third kappa shape index (κ3) is 1.45. The van der Waals surface area contributed by atoms with E-state index in [-0.39, 0.29) is 6.10 Å². The summed E-state index contributed by atoms with van der Waals surface area (Å²) in [6, 6.07) is 0. The van der Waals surface area contributed by atoms with Gasteiger partial charge in [-0.15, -0.1) is 0 Å². The van der Waals surface area contributed by atoms with Gasteiger partial charge in [0.15, 0.2) is 0 Å². The average molecular weight is 100 g/mol. The van der Waals surface area contributed by atoms with Crippen molar-refractivity contribution >= 4 is 0 Å². The quantitative estimate of drug-likeness (QED) is 0.462. The fourth-order valence-corrected chi connectivity index (χ4v) is 0.820. The average Bonchev–Trinajstić information content (AvgIpc) is 1.69. The maximum absolute atomic E-state index is 10.5. The minimum Gasteiger partial charge on any atom is -0.314 e. The molecule has 1 heterocycles. The second kappa shape index (κ2) is 2.28. The summed E-state index contributed by atoms with van der Waals surface area (Å²) in [5.74, 6) is 0. The lowest BCUT2D eigenvalue weighted by atomic mass is 10.1. The minimum atomic E-state index is -0.325. The third-order valence-electron chi connectivity index (χ3n) is 1.25. The highest BCUT2D eigenvalue weighted by Gasteiger charge is 2.08. The maximum atomic E-state index is 10.5. The van der Waals surface area contributed by atoms with Crippen LogP contribution in [0.15, 0.2) is 0 Å². The van der Waals surface area contributed by atoms with Crippen LogP contribution in [0.4, 0.5) is 0 Å². The number of rotatable bonds is 0. The Bertz CT molecular complexity index is 50.0. The van der Waals surface area contributed by atoms with Crippen LogP contribution in [0.1, 0.15) is 12.8 Å². The Balaban J connectivity index is 2.12. The molecule has 1 saturated heterocycles. The number of nitrogens with one attached hydrogen (secondary N) is 1. The van der Waals surface area contributed by atoms with Crippen LogP contribution in [0.5, 0.6) is 0 Å². The Hall–Kier alpha value is -0.0800. The van der Waals surface area contributed by atoms with Crippen molar-refractivity contribution in [3.63, 3.8) is 0 Å². The first-order chi connectivity index (χ1) is 3.39. The predicted molar refractivity (Wildman–Crippen MR) is 26.6 cm³/mol. The van der Waals surface area contributed by atoms with Crippen molar-refractivity contribution in [3.05, 3.63) is 0 Å². The van der Waals surface area contributed by atoms with E-state index < -0.39 is 0 Å². The molecule has 0 spiro atoms. The zero-order chi connectivity index (χ0) is 5.11. The van der Waals surface area contributed by atoms with Crippen molar-refractivity contribution in [2.24, 2.45) is 0 Å². The predicted octanol–water partition coefficient (Wildman–Crippen LogP) is 0.169. The summed E-state index contributed by atoms with van der Waals surface area (Å²) in [5, 5.41) is 13.5. The molecular formula is C5H10NO. The molecule has 1 aliphatic rings. The molecule has 2 nitrogen and oxygen atoms in total. The minimum absolute atomic E-state index is 0.325. The van der Waals surface area contributed by atoms with E-state index in [2.05, 4.69) is 5.32 Å². The maximum Gasteiger partial charge on any atom is 0.105 e. The Morgan fingerprint density at radius 3 is 2.71 bits per heavy atom. The van der Waals surface area contributed by atoms with E-state index in [0.717, 1.165) is 19.4 Å². The lowest BCUT2D eigenvalue weighted by molar-refractivity contribution is 0.0669. The van der Waals surface area contributed by atoms with Gasteiger partial charge in [-0.3, -0.25) is 0 Å². The molecule has 0 aliphatic carbocycles. The van der Waals surface area contributed by atoms with Crippen molar-refractivity contribution in [1.29, 1.82) is 0 Å². The van der Waals surface area contributed by atoms with Crippen molar-refractivity contribution < 1.29 is 5.11 Å². The van der Waals surface area contributed by atoms with Gasteiger partial charge >= 0.3 is 0 Å². The van der Waals surface area contributed by atoms with Crippen LogP contribution in [0.25, 0.3) is 0 Å². The molecule has 0 unspecified atom stereocenters. The molecule has 41 valence electrons. The molecule has 0 aromatic heterocycles. The highest BCUT2D eigenvalue weighted by Crippen LogP contribution is 1.99. The van der Waals surface area contributed by atoms with E-state index >= 15 is 0 Å². The van der Waals surface area contributed by atoms with E-state index in [9.17, 15) is 5.11 Å². The van der Waals surface area contributed by atoms with Gasteiger partial charge < -0.3 is 5.32 Å². The molecule has 0 aromatic rings. The van der Waals surface area contributed by atoms with Crippen molar-refractivity contribution in [1.82, 2.24) is 5.32 Å². The Kier molecular flexibility index (Phi) is 1.65. The standard InChI is InChI=1S/C5H10NO/c7-5-2-1-3-6-4-5/h5-6H,1-4H2/t5-/m0/s1. The summed E-state index contributed by atoms with van der Waals surface area (Å²) >= 11 is 0. The van der Waals surface area contributed by atoms with Gasteiger partial charge in [0.05, 0.1) is 0 Å². The summed E-state index contributed by atoms with van der Waals surface area (Å²) < 4.78 is 0. The van der Waals surface area contributed by atoms with Crippen LogP contribution in [-0.4, -0.2) is 19.2 Å². The van der Waals surface area contributed by atoms with E-state index in [4.69, 9.17) is 0 Å². The highest BCUT2D eigenvalue weighted by molar-refractivity contribution is 4.65. The van der Waals surface area contributed by atoms with Crippen LogP contribution in [0.2, 0.25) is 0 Å². The second-order valence-corrected chi connectivity index (χ2v) is 1.97. The van der Waals surface area contributed by atoms with Gasteiger partial charge in [0.2, 0.25) is 0 Å². The van der Waals surface area contributed by atoms with Gasteiger partial charge in [0.1, 0.15) is 6.10 Å². The van der Waals surface area contributed by atoms with Crippen LogP contribution in [-0.2, 0) is 5.11 Å². The molecular weight excluding hydrogens is 90.1 g/mol. The molecule has 0 amide bonds. The molecule has 2 heteroatoms. The van der Waals surface area contributed by atoms with Gasteiger partial charge in [-0.2, -0.15) is 0 Å². The van der Waals surface area contributed by atoms with Crippen molar-refractivity contribution in [2.75, 3.05) is 13.1 Å². The zero-order valence-electron chi connectivity index (χ0n) is 4.31. The van der Waals surface area contributed by atoms with E-state index in [1.165, 1.54) is 0 Å².